The van der Waals surface area contributed by atoms with E-state index in [1.54, 1.807) is 32.3 Å². The lowest BCUT2D eigenvalue weighted by molar-refractivity contribution is -0.127. The second kappa shape index (κ2) is 7.63. The fourth-order valence-electron chi connectivity index (χ4n) is 3.86. The third kappa shape index (κ3) is 3.30. The number of carbonyl (C=O) groups excluding carboxylic acids is 1. The minimum Gasteiger partial charge on any atom is -0.476 e. The molecule has 0 atom stereocenters. The van der Waals surface area contributed by atoms with Gasteiger partial charge in [0.15, 0.2) is 11.5 Å². The summed E-state index contributed by atoms with van der Waals surface area (Å²) in [6, 6.07) is 18.7. The van der Waals surface area contributed by atoms with Gasteiger partial charge in [-0.25, -0.2) is 9.18 Å². The number of aromatic carboxylic acids is 1. The Hall–Kier alpha value is -3.67. The molecule has 0 saturated carbocycles. The van der Waals surface area contributed by atoms with E-state index in [2.05, 4.69) is 0 Å². The van der Waals surface area contributed by atoms with Crippen LogP contribution in [0.2, 0.25) is 0 Å². The van der Waals surface area contributed by atoms with E-state index in [0.717, 1.165) is 16.3 Å². The zero-order valence-electron chi connectivity index (χ0n) is 16.7. The van der Waals surface area contributed by atoms with Crippen LogP contribution in [0.4, 0.5) is 4.39 Å². The summed E-state index contributed by atoms with van der Waals surface area (Å²) in [5, 5.41) is 12.0. The Labute approximate surface area is 173 Å². The molecule has 0 aliphatic carbocycles. The molecule has 1 aromatic heterocycles. The maximum atomic E-state index is 15.3. The average Bonchev–Trinajstić information content (AvgIpc) is 3.01. The van der Waals surface area contributed by atoms with Crippen molar-refractivity contribution in [2.24, 2.45) is 0 Å². The van der Waals surface area contributed by atoms with Gasteiger partial charge in [-0.05, 0) is 28.0 Å². The van der Waals surface area contributed by atoms with Crippen molar-refractivity contribution in [1.29, 1.82) is 0 Å². The molecule has 0 saturated heterocycles. The Kier molecular flexibility index (Phi) is 4.99. The zero-order valence-corrected chi connectivity index (χ0v) is 16.7. The smallest absolute Gasteiger partial charge is 0.355 e. The molecule has 1 N–H and O–H groups in total. The van der Waals surface area contributed by atoms with Crippen molar-refractivity contribution >= 4 is 33.6 Å². The van der Waals surface area contributed by atoms with Gasteiger partial charge >= 0.3 is 5.97 Å². The summed E-state index contributed by atoms with van der Waals surface area (Å²) < 4.78 is 16.8. The number of halogens is 1. The molecular formula is C24H21FN2O3. The first-order chi connectivity index (χ1) is 14.4. The van der Waals surface area contributed by atoms with Crippen LogP contribution in [-0.4, -0.2) is 40.5 Å². The topological polar surface area (TPSA) is 62.5 Å². The number of nitrogens with zero attached hydrogens (tertiary/aromatic N) is 2. The van der Waals surface area contributed by atoms with E-state index in [-0.39, 0.29) is 24.3 Å². The molecular weight excluding hydrogens is 383 g/mol. The van der Waals surface area contributed by atoms with E-state index in [9.17, 15) is 14.7 Å². The lowest BCUT2D eigenvalue weighted by Crippen LogP contribution is -2.23. The van der Waals surface area contributed by atoms with Gasteiger partial charge < -0.3 is 14.6 Å². The van der Waals surface area contributed by atoms with E-state index >= 15 is 4.39 Å². The minimum atomic E-state index is -1.34. The molecule has 1 heterocycles. The third-order valence-electron chi connectivity index (χ3n) is 5.37. The summed E-state index contributed by atoms with van der Waals surface area (Å²) in [7, 11) is 3.26. The van der Waals surface area contributed by atoms with Gasteiger partial charge in [-0.1, -0.05) is 54.6 Å². The van der Waals surface area contributed by atoms with Gasteiger partial charge in [-0.3, -0.25) is 4.79 Å². The van der Waals surface area contributed by atoms with E-state index in [1.165, 1.54) is 9.47 Å². The van der Waals surface area contributed by atoms with E-state index < -0.39 is 17.5 Å². The van der Waals surface area contributed by atoms with Crippen molar-refractivity contribution in [3.63, 3.8) is 0 Å². The Morgan fingerprint density at radius 1 is 0.967 bits per heavy atom. The molecule has 0 radical (unpaired) electrons. The fraction of sp³-hybridized carbons (Fsp3) is 0.167. The Bertz CT molecular complexity index is 1290. The minimum absolute atomic E-state index is 0.00139. The van der Waals surface area contributed by atoms with Crippen LogP contribution in [0.25, 0.3) is 21.7 Å². The molecule has 3 aromatic carbocycles. The van der Waals surface area contributed by atoms with Crippen LogP contribution in [0.1, 0.15) is 21.6 Å². The molecule has 0 unspecified atom stereocenters. The maximum Gasteiger partial charge on any atom is 0.355 e. The summed E-state index contributed by atoms with van der Waals surface area (Å²) in [5.74, 6) is -2.32. The Balaban J connectivity index is 1.92. The number of hydrogen-bond donors (Lipinski definition) is 1. The number of likely N-dealkylation sites (N-methyl/N-ethyl adjacent to an activating group) is 1. The van der Waals surface area contributed by atoms with Gasteiger partial charge in [0.1, 0.15) is 0 Å². The van der Waals surface area contributed by atoms with Crippen LogP contribution < -0.4 is 0 Å². The van der Waals surface area contributed by atoms with Gasteiger partial charge in [0.05, 0.1) is 11.9 Å². The highest BCUT2D eigenvalue weighted by Crippen LogP contribution is 2.31. The van der Waals surface area contributed by atoms with Crippen LogP contribution in [0.15, 0.2) is 60.7 Å². The summed E-state index contributed by atoms with van der Waals surface area (Å²) >= 11 is 0. The Morgan fingerprint density at radius 3 is 2.37 bits per heavy atom. The van der Waals surface area contributed by atoms with Gasteiger partial charge in [0.25, 0.3) is 0 Å². The fourth-order valence-corrected chi connectivity index (χ4v) is 3.86. The highest BCUT2D eigenvalue weighted by molar-refractivity contribution is 5.98. The average molecular weight is 404 g/mol. The highest BCUT2D eigenvalue weighted by atomic mass is 19.1. The van der Waals surface area contributed by atoms with Crippen molar-refractivity contribution in [3.05, 3.63) is 83.3 Å². The molecule has 30 heavy (non-hydrogen) atoms. The number of fused-ring (bicyclic) bond motifs is 2. The summed E-state index contributed by atoms with van der Waals surface area (Å²) in [6.07, 6.45) is -0.00139. The summed E-state index contributed by atoms with van der Waals surface area (Å²) in [5.41, 5.74) is 1.43. The third-order valence-corrected chi connectivity index (χ3v) is 5.37. The number of hydrogen-bond acceptors (Lipinski definition) is 2. The molecule has 1 amide bonds. The van der Waals surface area contributed by atoms with Gasteiger partial charge in [-0.15, -0.1) is 0 Å². The normalized spacial score (nSPS) is 11.2. The molecule has 5 nitrogen and oxygen atoms in total. The molecule has 4 aromatic rings. The number of carboxylic acid groups (broad SMARTS) is 1. The zero-order chi connectivity index (χ0) is 21.4. The first-order valence-corrected chi connectivity index (χ1v) is 9.58. The van der Waals surface area contributed by atoms with E-state index in [0.29, 0.717) is 11.1 Å². The van der Waals surface area contributed by atoms with Crippen LogP contribution in [0, 0.1) is 5.82 Å². The number of carbonyl (C=O) groups is 2. The molecule has 0 bridgehead atoms. The standard InChI is InChI=1S/C24H21FN2O3/c1-26(2)20(28)13-16-9-6-12-19-21(16)22(25)23(24(29)30)27(19)14-17-10-5-8-15-7-3-4-11-18(15)17/h3-12H,13-14H2,1-2H3,(H,29,30). The van der Waals surface area contributed by atoms with Crippen LogP contribution in [0.3, 0.4) is 0 Å². The van der Waals surface area contributed by atoms with Gasteiger partial charge in [-0.2, -0.15) is 0 Å². The van der Waals surface area contributed by atoms with Gasteiger partial charge in [0, 0.05) is 26.0 Å². The monoisotopic (exact) mass is 404 g/mol. The predicted molar refractivity (Wildman–Crippen MR) is 114 cm³/mol. The summed E-state index contributed by atoms with van der Waals surface area (Å²) in [6.45, 7) is 0.203. The molecule has 0 fully saturated rings. The maximum absolute atomic E-state index is 15.3. The largest absolute Gasteiger partial charge is 0.476 e. The van der Waals surface area contributed by atoms with Crippen LogP contribution in [-0.2, 0) is 17.8 Å². The number of rotatable bonds is 5. The van der Waals surface area contributed by atoms with Crippen LogP contribution in [0.5, 0.6) is 0 Å². The molecule has 4 rings (SSSR count). The lowest BCUT2D eigenvalue weighted by atomic mass is 10.0. The van der Waals surface area contributed by atoms with Crippen LogP contribution >= 0.6 is 0 Å². The number of benzene rings is 3. The van der Waals surface area contributed by atoms with Crippen molar-refractivity contribution < 1.29 is 19.1 Å². The molecule has 0 spiro atoms. The lowest BCUT2D eigenvalue weighted by Gasteiger charge is -2.12. The summed E-state index contributed by atoms with van der Waals surface area (Å²) in [4.78, 5) is 25.6. The second-order valence-corrected chi connectivity index (χ2v) is 7.47. The molecule has 152 valence electrons. The van der Waals surface area contributed by atoms with E-state index in [1.807, 2.05) is 42.5 Å². The molecule has 0 aliphatic heterocycles. The molecule has 6 heteroatoms. The van der Waals surface area contributed by atoms with Crippen molar-refractivity contribution in [2.75, 3.05) is 14.1 Å². The predicted octanol–water partition coefficient (Wildman–Crippen LogP) is 4.31. The van der Waals surface area contributed by atoms with Crippen molar-refractivity contribution in [3.8, 4) is 0 Å². The SMILES string of the molecule is CN(C)C(=O)Cc1cccc2c1c(F)c(C(=O)O)n2Cc1cccc2ccccc12. The van der Waals surface area contributed by atoms with Crippen molar-refractivity contribution in [2.45, 2.75) is 13.0 Å². The number of carboxylic acids is 1. The molecule has 0 aliphatic rings. The van der Waals surface area contributed by atoms with Gasteiger partial charge in [0.2, 0.25) is 5.91 Å². The number of aromatic nitrogens is 1. The van der Waals surface area contributed by atoms with Crippen molar-refractivity contribution in [1.82, 2.24) is 9.47 Å². The quantitative estimate of drug-likeness (QED) is 0.539. The Morgan fingerprint density at radius 2 is 1.63 bits per heavy atom. The first kappa shape index (κ1) is 19.6. The second-order valence-electron chi connectivity index (χ2n) is 7.47. The first-order valence-electron chi connectivity index (χ1n) is 9.58. The van der Waals surface area contributed by atoms with E-state index in [4.69, 9.17) is 0 Å². The number of amides is 1. The highest BCUT2D eigenvalue weighted by Gasteiger charge is 2.25.